The lowest BCUT2D eigenvalue weighted by atomic mass is 9.78. The topological polar surface area (TPSA) is 24.5 Å². The molecular formula is C16H32N2O. The molecule has 2 rings (SSSR count). The van der Waals surface area contributed by atoms with Crippen LogP contribution in [0.1, 0.15) is 58.8 Å². The van der Waals surface area contributed by atoms with Crippen LogP contribution in [0, 0.1) is 0 Å². The van der Waals surface area contributed by atoms with Crippen LogP contribution in [0.3, 0.4) is 0 Å². The highest BCUT2D eigenvalue weighted by Gasteiger charge is 2.38. The highest BCUT2D eigenvalue weighted by molar-refractivity contribution is 4.93. The molecule has 0 amide bonds. The van der Waals surface area contributed by atoms with Gasteiger partial charge < -0.3 is 15.0 Å². The zero-order chi connectivity index (χ0) is 13.9. The Morgan fingerprint density at radius 2 is 1.89 bits per heavy atom. The molecule has 0 aromatic rings. The molecule has 19 heavy (non-hydrogen) atoms. The molecule has 1 atom stereocenters. The van der Waals surface area contributed by atoms with Crippen molar-refractivity contribution in [3.05, 3.63) is 0 Å². The Bertz CT molecular complexity index is 277. The van der Waals surface area contributed by atoms with Crippen molar-refractivity contribution >= 4 is 0 Å². The molecule has 3 nitrogen and oxygen atoms in total. The van der Waals surface area contributed by atoms with E-state index in [1.54, 1.807) is 0 Å². The van der Waals surface area contributed by atoms with Gasteiger partial charge in [-0.1, -0.05) is 19.3 Å². The van der Waals surface area contributed by atoms with Crippen LogP contribution < -0.4 is 5.32 Å². The van der Waals surface area contributed by atoms with Crippen LogP contribution in [0.25, 0.3) is 0 Å². The van der Waals surface area contributed by atoms with E-state index in [1.165, 1.54) is 44.9 Å². The normalized spacial score (nSPS) is 27.9. The maximum atomic E-state index is 6.17. The first kappa shape index (κ1) is 15.3. The molecule has 1 heterocycles. The maximum absolute atomic E-state index is 6.17. The summed E-state index contributed by atoms with van der Waals surface area (Å²) in [7, 11) is 4.32. The van der Waals surface area contributed by atoms with Crippen molar-refractivity contribution in [1.82, 2.24) is 10.2 Å². The van der Waals surface area contributed by atoms with Gasteiger partial charge in [-0.05, 0) is 53.6 Å². The van der Waals surface area contributed by atoms with E-state index in [0.29, 0.717) is 6.04 Å². The van der Waals surface area contributed by atoms with Crippen molar-refractivity contribution in [2.24, 2.45) is 0 Å². The number of nitrogens with one attached hydrogen (secondary N) is 1. The lowest BCUT2D eigenvalue weighted by molar-refractivity contribution is -0.109. The molecule has 1 unspecified atom stereocenters. The predicted octanol–water partition coefficient (Wildman–Crippen LogP) is 2.80. The molecule has 1 saturated heterocycles. The van der Waals surface area contributed by atoms with E-state index >= 15 is 0 Å². The van der Waals surface area contributed by atoms with Gasteiger partial charge in [-0.2, -0.15) is 0 Å². The summed E-state index contributed by atoms with van der Waals surface area (Å²) in [5.41, 5.74) is 0.439. The first-order valence-corrected chi connectivity index (χ1v) is 7.98. The molecule has 1 saturated carbocycles. The third-order valence-electron chi connectivity index (χ3n) is 5.29. The Hall–Kier alpha value is -0.120. The molecule has 0 aromatic heterocycles. The Balaban J connectivity index is 1.84. The lowest BCUT2D eigenvalue weighted by Crippen LogP contribution is -2.53. The van der Waals surface area contributed by atoms with Gasteiger partial charge in [-0.3, -0.25) is 0 Å². The van der Waals surface area contributed by atoms with Gasteiger partial charge >= 0.3 is 0 Å². The summed E-state index contributed by atoms with van der Waals surface area (Å²) in [6.07, 6.45) is 9.06. The second kappa shape index (κ2) is 6.11. The molecule has 1 aliphatic heterocycles. The minimum absolute atomic E-state index is 0.219. The van der Waals surface area contributed by atoms with Crippen molar-refractivity contribution in [3.63, 3.8) is 0 Å². The van der Waals surface area contributed by atoms with Gasteiger partial charge in [0, 0.05) is 24.7 Å². The van der Waals surface area contributed by atoms with E-state index in [1.807, 2.05) is 0 Å². The number of likely N-dealkylation sites (N-methyl/N-ethyl adjacent to an activating group) is 1. The summed E-state index contributed by atoms with van der Waals surface area (Å²) in [5.74, 6) is 0. The van der Waals surface area contributed by atoms with E-state index in [4.69, 9.17) is 4.74 Å². The molecule has 3 heteroatoms. The van der Waals surface area contributed by atoms with E-state index < -0.39 is 0 Å². The number of rotatable bonds is 4. The van der Waals surface area contributed by atoms with Crippen LogP contribution in [-0.2, 0) is 4.74 Å². The fourth-order valence-electron chi connectivity index (χ4n) is 3.30. The zero-order valence-corrected chi connectivity index (χ0v) is 13.3. The molecule has 0 radical (unpaired) electrons. The van der Waals surface area contributed by atoms with Gasteiger partial charge in [0.25, 0.3) is 0 Å². The van der Waals surface area contributed by atoms with Crippen LogP contribution >= 0.6 is 0 Å². The molecule has 1 aliphatic carbocycles. The number of hydrogen-bond acceptors (Lipinski definition) is 3. The lowest BCUT2D eigenvalue weighted by Gasteiger charge is -2.44. The van der Waals surface area contributed by atoms with Crippen LogP contribution in [-0.4, -0.2) is 49.3 Å². The van der Waals surface area contributed by atoms with Crippen LogP contribution in [0.15, 0.2) is 0 Å². The van der Waals surface area contributed by atoms with Gasteiger partial charge in [0.15, 0.2) is 0 Å². The first-order valence-electron chi connectivity index (χ1n) is 7.98. The van der Waals surface area contributed by atoms with Gasteiger partial charge in [-0.15, -0.1) is 0 Å². The average Bonchev–Trinajstić information content (AvgIpc) is 2.37. The fraction of sp³-hybridized carbons (Fsp3) is 1.00. The van der Waals surface area contributed by atoms with E-state index in [9.17, 15) is 0 Å². The first-order chi connectivity index (χ1) is 8.94. The minimum Gasteiger partial charge on any atom is -0.375 e. The van der Waals surface area contributed by atoms with Crippen molar-refractivity contribution in [3.8, 4) is 0 Å². The van der Waals surface area contributed by atoms with E-state index in [2.05, 4.69) is 38.2 Å². The Morgan fingerprint density at radius 1 is 1.21 bits per heavy atom. The summed E-state index contributed by atoms with van der Waals surface area (Å²) >= 11 is 0. The maximum Gasteiger partial charge on any atom is 0.0697 e. The van der Waals surface area contributed by atoms with Crippen molar-refractivity contribution in [1.29, 1.82) is 0 Å². The van der Waals surface area contributed by atoms with Gasteiger partial charge in [-0.25, -0.2) is 0 Å². The molecule has 1 spiro atoms. The van der Waals surface area contributed by atoms with E-state index in [0.717, 1.165) is 13.2 Å². The third-order valence-corrected chi connectivity index (χ3v) is 5.29. The van der Waals surface area contributed by atoms with Crippen LogP contribution in [0.2, 0.25) is 0 Å². The monoisotopic (exact) mass is 268 g/mol. The minimum atomic E-state index is 0.219. The molecule has 1 N–H and O–H groups in total. The predicted molar refractivity (Wildman–Crippen MR) is 80.6 cm³/mol. The highest BCUT2D eigenvalue weighted by Crippen LogP contribution is 2.38. The smallest absolute Gasteiger partial charge is 0.0697 e. The SMILES string of the molecule is CN(C)C(C)(C)CNC1CCOC2(CCCCC2)C1. The largest absolute Gasteiger partial charge is 0.375 e. The molecule has 0 bridgehead atoms. The Morgan fingerprint density at radius 3 is 2.53 bits per heavy atom. The van der Waals surface area contributed by atoms with Crippen LogP contribution in [0.4, 0.5) is 0 Å². The zero-order valence-electron chi connectivity index (χ0n) is 13.3. The molecule has 112 valence electrons. The summed E-state index contributed by atoms with van der Waals surface area (Å²) in [4.78, 5) is 2.30. The number of hydrogen-bond donors (Lipinski definition) is 1. The quantitative estimate of drug-likeness (QED) is 0.848. The van der Waals surface area contributed by atoms with Gasteiger partial charge in [0.1, 0.15) is 0 Å². The summed E-state index contributed by atoms with van der Waals surface area (Å²) in [5, 5.41) is 3.79. The molecule has 2 aliphatic rings. The third kappa shape index (κ3) is 3.93. The average molecular weight is 268 g/mol. The van der Waals surface area contributed by atoms with E-state index in [-0.39, 0.29) is 11.1 Å². The van der Waals surface area contributed by atoms with Crippen molar-refractivity contribution in [2.75, 3.05) is 27.2 Å². The fourth-order valence-corrected chi connectivity index (χ4v) is 3.30. The summed E-state index contributed by atoms with van der Waals surface area (Å²) in [6.45, 7) is 6.60. The number of nitrogens with zero attached hydrogens (tertiary/aromatic N) is 1. The van der Waals surface area contributed by atoms with Gasteiger partial charge in [0.05, 0.1) is 5.60 Å². The highest BCUT2D eigenvalue weighted by atomic mass is 16.5. The second-order valence-corrected chi connectivity index (χ2v) is 7.37. The van der Waals surface area contributed by atoms with Crippen molar-refractivity contribution < 1.29 is 4.74 Å². The molecule has 2 fully saturated rings. The van der Waals surface area contributed by atoms with Crippen LogP contribution in [0.5, 0.6) is 0 Å². The Kier molecular flexibility index (Phi) is 4.91. The Labute approximate surface area is 119 Å². The summed E-state index contributed by atoms with van der Waals surface area (Å²) in [6, 6.07) is 0.645. The standard InChI is InChI=1S/C16H32N2O/c1-15(2,18(3)4)13-17-14-8-11-19-16(12-14)9-6-5-7-10-16/h14,17H,5-13H2,1-4H3. The van der Waals surface area contributed by atoms with Gasteiger partial charge in [0.2, 0.25) is 0 Å². The second-order valence-electron chi connectivity index (χ2n) is 7.37. The molecule has 0 aromatic carbocycles. The van der Waals surface area contributed by atoms with Crippen molar-refractivity contribution in [2.45, 2.75) is 76.0 Å². The molecular weight excluding hydrogens is 236 g/mol. The summed E-state index contributed by atoms with van der Waals surface area (Å²) < 4.78 is 6.17. The number of ether oxygens (including phenoxy) is 1.